The highest BCUT2D eigenvalue weighted by atomic mass is 16.5. The minimum absolute atomic E-state index is 0.319. The zero-order valence-corrected chi connectivity index (χ0v) is 12.3. The van der Waals surface area contributed by atoms with Crippen molar-refractivity contribution in [2.24, 2.45) is 5.73 Å². The summed E-state index contributed by atoms with van der Waals surface area (Å²) in [6, 6.07) is 12.9. The van der Waals surface area contributed by atoms with Gasteiger partial charge in [0.2, 0.25) is 5.91 Å². The fourth-order valence-electron chi connectivity index (χ4n) is 1.94. The number of carbonyl (C=O) groups excluding carboxylic acids is 1. The van der Waals surface area contributed by atoms with Gasteiger partial charge in [0.15, 0.2) is 0 Å². The molecule has 0 spiro atoms. The molecule has 0 saturated carbocycles. The summed E-state index contributed by atoms with van der Waals surface area (Å²) in [6.45, 7) is 4.80. The van der Waals surface area contributed by atoms with E-state index >= 15 is 0 Å². The maximum Gasteiger partial charge on any atom is 0.248 e. The van der Waals surface area contributed by atoms with Gasteiger partial charge in [-0.25, -0.2) is 0 Å². The van der Waals surface area contributed by atoms with Gasteiger partial charge in [-0.1, -0.05) is 17.7 Å². The van der Waals surface area contributed by atoms with E-state index in [-0.39, 0.29) is 0 Å². The van der Waals surface area contributed by atoms with Crippen molar-refractivity contribution in [1.29, 1.82) is 0 Å². The van der Waals surface area contributed by atoms with Crippen LogP contribution in [-0.4, -0.2) is 12.5 Å². The lowest BCUT2D eigenvalue weighted by Gasteiger charge is -2.12. The molecule has 2 rings (SSSR count). The predicted octanol–water partition coefficient (Wildman–Crippen LogP) is 3.07. The van der Waals surface area contributed by atoms with Crippen LogP contribution in [-0.2, 0) is 6.61 Å². The molecule has 1 amide bonds. The monoisotopic (exact) mass is 285 g/mol. The molecule has 0 aromatic heterocycles. The summed E-state index contributed by atoms with van der Waals surface area (Å²) in [5, 5.41) is 0. The number of primary amides is 1. The molecule has 0 aliphatic rings. The molecule has 2 aromatic rings. The van der Waals surface area contributed by atoms with Gasteiger partial charge in [-0.15, -0.1) is 0 Å². The molecule has 0 heterocycles. The Morgan fingerprint density at radius 2 is 1.81 bits per heavy atom. The summed E-state index contributed by atoms with van der Waals surface area (Å²) in [5.41, 5.74) is 7.73. The maximum absolute atomic E-state index is 11.3. The van der Waals surface area contributed by atoms with Gasteiger partial charge >= 0.3 is 0 Å². The van der Waals surface area contributed by atoms with Crippen LogP contribution >= 0.6 is 0 Å². The van der Waals surface area contributed by atoms with Crippen LogP contribution in [0.4, 0.5) is 0 Å². The average Bonchev–Trinajstić information content (AvgIpc) is 2.48. The Balaban J connectivity index is 2.17. The molecule has 0 bridgehead atoms. The summed E-state index contributed by atoms with van der Waals surface area (Å²) in [7, 11) is 0. The normalized spacial score (nSPS) is 10.2. The number of aryl methyl sites for hydroxylation is 1. The van der Waals surface area contributed by atoms with Gasteiger partial charge in [0.25, 0.3) is 0 Å². The Kier molecular flexibility index (Phi) is 4.82. The van der Waals surface area contributed by atoms with Gasteiger partial charge in [0.1, 0.15) is 18.1 Å². The van der Waals surface area contributed by atoms with E-state index in [9.17, 15) is 4.79 Å². The van der Waals surface area contributed by atoms with E-state index in [1.54, 1.807) is 18.2 Å². The Labute approximate surface area is 124 Å². The van der Waals surface area contributed by atoms with E-state index in [1.807, 2.05) is 38.1 Å². The van der Waals surface area contributed by atoms with Crippen LogP contribution in [0.2, 0.25) is 0 Å². The van der Waals surface area contributed by atoms with Crippen LogP contribution in [0.1, 0.15) is 28.4 Å². The van der Waals surface area contributed by atoms with Crippen LogP contribution < -0.4 is 15.2 Å². The van der Waals surface area contributed by atoms with Gasteiger partial charge in [-0.3, -0.25) is 4.79 Å². The van der Waals surface area contributed by atoms with E-state index in [0.29, 0.717) is 24.5 Å². The largest absolute Gasteiger partial charge is 0.493 e. The summed E-state index contributed by atoms with van der Waals surface area (Å²) in [5.74, 6) is 1.01. The summed E-state index contributed by atoms with van der Waals surface area (Å²) in [6.07, 6.45) is 0. The van der Waals surface area contributed by atoms with E-state index in [4.69, 9.17) is 15.2 Å². The molecular formula is C17H19NO3. The van der Waals surface area contributed by atoms with Gasteiger partial charge in [-0.05, 0) is 44.2 Å². The van der Waals surface area contributed by atoms with Gasteiger partial charge in [0, 0.05) is 11.1 Å². The van der Waals surface area contributed by atoms with E-state index in [1.165, 1.54) is 5.56 Å². The molecule has 0 saturated heterocycles. The van der Waals surface area contributed by atoms with Crippen molar-refractivity contribution < 1.29 is 14.3 Å². The van der Waals surface area contributed by atoms with E-state index in [0.717, 1.165) is 11.3 Å². The number of nitrogens with two attached hydrogens (primary N) is 1. The zero-order valence-electron chi connectivity index (χ0n) is 12.3. The maximum atomic E-state index is 11.3. The molecule has 0 aliphatic carbocycles. The minimum Gasteiger partial charge on any atom is -0.493 e. The Bertz CT molecular complexity index is 620. The van der Waals surface area contributed by atoms with Crippen molar-refractivity contribution in [3.63, 3.8) is 0 Å². The fraction of sp³-hybridized carbons (Fsp3) is 0.235. The van der Waals surface area contributed by atoms with Gasteiger partial charge in [0.05, 0.1) is 6.61 Å². The molecule has 110 valence electrons. The van der Waals surface area contributed by atoms with Crippen LogP contribution in [0.25, 0.3) is 0 Å². The van der Waals surface area contributed by atoms with Crippen molar-refractivity contribution >= 4 is 5.91 Å². The Hall–Kier alpha value is -2.49. The molecule has 0 atom stereocenters. The minimum atomic E-state index is -0.463. The first-order valence-electron chi connectivity index (χ1n) is 6.85. The van der Waals surface area contributed by atoms with E-state index < -0.39 is 5.91 Å². The zero-order chi connectivity index (χ0) is 15.2. The van der Waals surface area contributed by atoms with Crippen molar-refractivity contribution in [2.75, 3.05) is 6.61 Å². The highest BCUT2D eigenvalue weighted by molar-refractivity contribution is 5.93. The number of amides is 1. The second-order valence-electron chi connectivity index (χ2n) is 4.72. The first-order chi connectivity index (χ1) is 10.1. The molecule has 0 radical (unpaired) electrons. The highest BCUT2D eigenvalue weighted by Gasteiger charge is 2.09. The molecule has 4 heteroatoms. The average molecular weight is 285 g/mol. The van der Waals surface area contributed by atoms with Crippen LogP contribution in [0, 0.1) is 6.92 Å². The molecular weight excluding hydrogens is 266 g/mol. The topological polar surface area (TPSA) is 61.5 Å². The van der Waals surface area contributed by atoms with Crippen molar-refractivity contribution in [2.45, 2.75) is 20.5 Å². The van der Waals surface area contributed by atoms with Crippen molar-refractivity contribution in [3.8, 4) is 11.5 Å². The lowest BCUT2D eigenvalue weighted by Crippen LogP contribution is -2.12. The molecule has 0 unspecified atom stereocenters. The third-order valence-corrected chi connectivity index (χ3v) is 3.06. The lowest BCUT2D eigenvalue weighted by atomic mass is 10.1. The fourth-order valence-corrected chi connectivity index (χ4v) is 1.94. The summed E-state index contributed by atoms with van der Waals surface area (Å²) >= 11 is 0. The van der Waals surface area contributed by atoms with Crippen molar-refractivity contribution in [3.05, 3.63) is 59.2 Å². The number of carbonyl (C=O) groups is 1. The van der Waals surface area contributed by atoms with Gasteiger partial charge < -0.3 is 15.2 Å². The SMILES string of the molecule is CCOc1ccc(C(N)=O)cc1COc1ccc(C)cc1. The summed E-state index contributed by atoms with van der Waals surface area (Å²) < 4.78 is 11.3. The lowest BCUT2D eigenvalue weighted by molar-refractivity contribution is 0.1000. The first kappa shape index (κ1) is 14.9. The quantitative estimate of drug-likeness (QED) is 0.887. The number of hydrogen-bond acceptors (Lipinski definition) is 3. The third-order valence-electron chi connectivity index (χ3n) is 3.06. The number of ether oxygens (including phenoxy) is 2. The predicted molar refractivity (Wildman–Crippen MR) is 81.6 cm³/mol. The number of benzene rings is 2. The van der Waals surface area contributed by atoms with Crippen molar-refractivity contribution in [1.82, 2.24) is 0 Å². The van der Waals surface area contributed by atoms with E-state index in [2.05, 4.69) is 0 Å². The highest BCUT2D eigenvalue weighted by Crippen LogP contribution is 2.22. The third kappa shape index (κ3) is 3.99. The standard InChI is InChI=1S/C17H19NO3/c1-3-20-16-9-6-13(17(18)19)10-14(16)11-21-15-7-4-12(2)5-8-15/h4-10H,3,11H2,1-2H3,(H2,18,19). The number of rotatable bonds is 6. The molecule has 4 nitrogen and oxygen atoms in total. The second-order valence-corrected chi connectivity index (χ2v) is 4.72. The Morgan fingerprint density at radius 3 is 2.43 bits per heavy atom. The molecule has 0 fully saturated rings. The molecule has 0 aliphatic heterocycles. The number of hydrogen-bond donors (Lipinski definition) is 1. The summed E-state index contributed by atoms with van der Waals surface area (Å²) in [4.78, 5) is 11.3. The first-order valence-corrected chi connectivity index (χ1v) is 6.85. The smallest absolute Gasteiger partial charge is 0.248 e. The van der Waals surface area contributed by atoms with Crippen LogP contribution in [0.5, 0.6) is 11.5 Å². The van der Waals surface area contributed by atoms with Gasteiger partial charge in [-0.2, -0.15) is 0 Å². The molecule has 21 heavy (non-hydrogen) atoms. The molecule has 2 N–H and O–H groups in total. The second kappa shape index (κ2) is 6.79. The van der Waals surface area contributed by atoms with Crippen LogP contribution in [0.3, 0.4) is 0 Å². The van der Waals surface area contributed by atoms with Crippen LogP contribution in [0.15, 0.2) is 42.5 Å². The Morgan fingerprint density at radius 1 is 1.10 bits per heavy atom. The molecule has 2 aromatic carbocycles.